The normalized spacial score (nSPS) is 24.3. The quantitative estimate of drug-likeness (QED) is 0.665. The van der Waals surface area contributed by atoms with Gasteiger partial charge in [0.25, 0.3) is 0 Å². The van der Waals surface area contributed by atoms with Crippen LogP contribution in [0.4, 0.5) is 0 Å². The molecule has 2 rings (SSSR count). The molecule has 80 valence electrons. The summed E-state index contributed by atoms with van der Waals surface area (Å²) in [5, 5.41) is 0. The van der Waals surface area contributed by atoms with Gasteiger partial charge < -0.3 is 0 Å². The highest BCUT2D eigenvalue weighted by molar-refractivity contribution is 5.44. The van der Waals surface area contributed by atoms with Gasteiger partial charge in [-0.3, -0.25) is 4.90 Å². The molecule has 1 aromatic carbocycles. The molecule has 0 aliphatic heterocycles. The predicted molar refractivity (Wildman–Crippen MR) is 64.9 cm³/mol. The number of rotatable bonds is 2. The zero-order chi connectivity index (χ0) is 11.1. The SMILES string of the molecule is C=C(C)C1(N(C)C)CCc2ccccc21. The minimum atomic E-state index is 0.0661. The number of hydrogen-bond donors (Lipinski definition) is 0. The Morgan fingerprint density at radius 1 is 1.33 bits per heavy atom. The van der Waals surface area contributed by atoms with Gasteiger partial charge in [-0.2, -0.15) is 0 Å². The van der Waals surface area contributed by atoms with E-state index in [2.05, 4.69) is 56.8 Å². The van der Waals surface area contributed by atoms with Crippen LogP contribution in [0, 0.1) is 0 Å². The van der Waals surface area contributed by atoms with Crippen molar-refractivity contribution in [3.05, 3.63) is 47.5 Å². The number of likely N-dealkylation sites (N-methyl/N-ethyl adjacent to an activating group) is 1. The van der Waals surface area contributed by atoms with E-state index in [4.69, 9.17) is 0 Å². The monoisotopic (exact) mass is 201 g/mol. The van der Waals surface area contributed by atoms with Crippen molar-refractivity contribution in [2.45, 2.75) is 25.3 Å². The maximum Gasteiger partial charge on any atom is 0.0670 e. The summed E-state index contributed by atoms with van der Waals surface area (Å²) in [7, 11) is 4.30. The van der Waals surface area contributed by atoms with E-state index in [0.29, 0.717) is 0 Å². The van der Waals surface area contributed by atoms with Gasteiger partial charge in [0.05, 0.1) is 5.54 Å². The molecule has 0 amide bonds. The smallest absolute Gasteiger partial charge is 0.0670 e. The van der Waals surface area contributed by atoms with Crippen molar-refractivity contribution in [3.8, 4) is 0 Å². The number of benzene rings is 1. The van der Waals surface area contributed by atoms with Crippen LogP contribution in [-0.2, 0) is 12.0 Å². The third kappa shape index (κ3) is 1.34. The van der Waals surface area contributed by atoms with E-state index in [1.54, 1.807) is 0 Å². The molecular weight excluding hydrogens is 182 g/mol. The van der Waals surface area contributed by atoms with Crippen molar-refractivity contribution >= 4 is 0 Å². The molecular formula is C14H19N. The zero-order valence-corrected chi connectivity index (χ0v) is 9.88. The molecule has 1 aliphatic carbocycles. The van der Waals surface area contributed by atoms with E-state index < -0.39 is 0 Å². The topological polar surface area (TPSA) is 3.24 Å². The zero-order valence-electron chi connectivity index (χ0n) is 9.88. The first-order valence-electron chi connectivity index (χ1n) is 5.51. The lowest BCUT2D eigenvalue weighted by Gasteiger charge is -2.38. The van der Waals surface area contributed by atoms with Crippen molar-refractivity contribution in [2.24, 2.45) is 0 Å². The highest BCUT2D eigenvalue weighted by Crippen LogP contribution is 2.44. The number of aryl methyl sites for hydroxylation is 1. The molecule has 0 radical (unpaired) electrons. The molecule has 0 fully saturated rings. The molecule has 1 atom stereocenters. The van der Waals surface area contributed by atoms with E-state index in [9.17, 15) is 0 Å². The lowest BCUT2D eigenvalue weighted by atomic mass is 9.84. The lowest BCUT2D eigenvalue weighted by Crippen LogP contribution is -2.40. The molecule has 0 saturated carbocycles. The second-order valence-electron chi connectivity index (χ2n) is 4.69. The van der Waals surface area contributed by atoms with Gasteiger partial charge in [0, 0.05) is 0 Å². The Labute approximate surface area is 92.4 Å². The summed E-state index contributed by atoms with van der Waals surface area (Å²) in [4.78, 5) is 2.31. The first-order chi connectivity index (χ1) is 7.09. The van der Waals surface area contributed by atoms with Gasteiger partial charge in [-0.1, -0.05) is 36.4 Å². The summed E-state index contributed by atoms with van der Waals surface area (Å²) in [5.41, 5.74) is 4.24. The summed E-state index contributed by atoms with van der Waals surface area (Å²) in [6.45, 7) is 6.33. The first-order valence-corrected chi connectivity index (χ1v) is 5.51. The maximum atomic E-state index is 4.19. The molecule has 0 spiro atoms. The summed E-state index contributed by atoms with van der Waals surface area (Å²) in [6, 6.07) is 8.74. The Kier molecular flexibility index (Phi) is 2.43. The summed E-state index contributed by atoms with van der Waals surface area (Å²) in [6.07, 6.45) is 2.33. The Morgan fingerprint density at radius 2 is 2.00 bits per heavy atom. The van der Waals surface area contributed by atoms with Gasteiger partial charge >= 0.3 is 0 Å². The highest BCUT2D eigenvalue weighted by Gasteiger charge is 2.40. The Hall–Kier alpha value is -1.08. The van der Waals surface area contributed by atoms with Crippen LogP contribution in [-0.4, -0.2) is 19.0 Å². The summed E-state index contributed by atoms with van der Waals surface area (Å²) < 4.78 is 0. The fourth-order valence-corrected chi connectivity index (χ4v) is 2.88. The van der Waals surface area contributed by atoms with Crippen molar-refractivity contribution < 1.29 is 0 Å². The molecule has 1 unspecified atom stereocenters. The second-order valence-corrected chi connectivity index (χ2v) is 4.69. The predicted octanol–water partition coefficient (Wildman–Crippen LogP) is 2.97. The van der Waals surface area contributed by atoms with Gasteiger partial charge in [-0.15, -0.1) is 0 Å². The number of hydrogen-bond acceptors (Lipinski definition) is 1. The second kappa shape index (κ2) is 3.49. The van der Waals surface area contributed by atoms with E-state index >= 15 is 0 Å². The molecule has 0 bridgehead atoms. The van der Waals surface area contributed by atoms with Gasteiger partial charge in [0.1, 0.15) is 0 Å². The Bertz CT molecular complexity index is 392. The first kappa shape index (κ1) is 10.4. The van der Waals surface area contributed by atoms with Crippen molar-refractivity contribution in [1.29, 1.82) is 0 Å². The number of nitrogens with zero attached hydrogens (tertiary/aromatic N) is 1. The van der Waals surface area contributed by atoms with E-state index in [1.807, 2.05) is 0 Å². The van der Waals surface area contributed by atoms with Crippen LogP contribution in [0.2, 0.25) is 0 Å². The van der Waals surface area contributed by atoms with Gasteiger partial charge in [0.2, 0.25) is 0 Å². The van der Waals surface area contributed by atoms with Crippen molar-refractivity contribution in [3.63, 3.8) is 0 Å². The molecule has 0 saturated heterocycles. The fourth-order valence-electron chi connectivity index (χ4n) is 2.88. The number of fused-ring (bicyclic) bond motifs is 1. The maximum absolute atomic E-state index is 4.19. The third-order valence-corrected chi connectivity index (χ3v) is 3.69. The van der Waals surface area contributed by atoms with Gasteiger partial charge in [-0.05, 0) is 45.0 Å². The molecule has 0 heterocycles. The van der Waals surface area contributed by atoms with Crippen LogP contribution in [0.25, 0.3) is 0 Å². The average Bonchev–Trinajstić information content (AvgIpc) is 2.57. The van der Waals surface area contributed by atoms with Gasteiger partial charge in [-0.25, -0.2) is 0 Å². The van der Waals surface area contributed by atoms with Crippen LogP contribution >= 0.6 is 0 Å². The fraction of sp³-hybridized carbons (Fsp3) is 0.429. The molecule has 0 N–H and O–H groups in total. The van der Waals surface area contributed by atoms with E-state index in [-0.39, 0.29) is 5.54 Å². The summed E-state index contributed by atoms with van der Waals surface area (Å²) in [5.74, 6) is 0. The van der Waals surface area contributed by atoms with E-state index in [0.717, 1.165) is 6.42 Å². The summed E-state index contributed by atoms with van der Waals surface area (Å²) >= 11 is 0. The van der Waals surface area contributed by atoms with Crippen LogP contribution in [0.1, 0.15) is 24.5 Å². The Balaban J connectivity index is 2.59. The third-order valence-electron chi connectivity index (χ3n) is 3.69. The minimum Gasteiger partial charge on any atom is -0.296 e. The molecule has 1 aromatic rings. The highest BCUT2D eigenvalue weighted by atomic mass is 15.1. The largest absolute Gasteiger partial charge is 0.296 e. The van der Waals surface area contributed by atoms with Crippen LogP contribution in [0.15, 0.2) is 36.4 Å². The Morgan fingerprint density at radius 3 is 2.60 bits per heavy atom. The van der Waals surface area contributed by atoms with E-state index in [1.165, 1.54) is 23.1 Å². The standard InChI is InChI=1S/C14H19N/c1-11(2)14(15(3)4)10-9-12-7-5-6-8-13(12)14/h5-8H,1,9-10H2,2-4H3. The van der Waals surface area contributed by atoms with Crippen molar-refractivity contribution in [1.82, 2.24) is 4.90 Å². The van der Waals surface area contributed by atoms with Crippen LogP contribution in [0.3, 0.4) is 0 Å². The molecule has 1 heteroatoms. The average molecular weight is 201 g/mol. The van der Waals surface area contributed by atoms with Crippen LogP contribution in [0.5, 0.6) is 0 Å². The minimum absolute atomic E-state index is 0.0661. The molecule has 1 aliphatic rings. The van der Waals surface area contributed by atoms with Gasteiger partial charge in [0.15, 0.2) is 0 Å². The lowest BCUT2D eigenvalue weighted by molar-refractivity contribution is 0.195. The molecule has 0 aromatic heterocycles. The molecule has 1 nitrogen and oxygen atoms in total. The van der Waals surface area contributed by atoms with Crippen molar-refractivity contribution in [2.75, 3.05) is 14.1 Å². The molecule has 15 heavy (non-hydrogen) atoms. The van der Waals surface area contributed by atoms with Crippen LogP contribution < -0.4 is 0 Å².